The Hall–Kier alpha value is -2.49. The molecule has 0 unspecified atom stereocenters. The average molecular weight is 298 g/mol. The van der Waals surface area contributed by atoms with Crippen LogP contribution < -0.4 is 15.4 Å². The molecular formula is C18H22N2O2. The number of ether oxygens (including phenoxy) is 1. The highest BCUT2D eigenvalue weighted by molar-refractivity contribution is 5.90. The number of carbonyl (C=O) groups is 1. The highest BCUT2D eigenvalue weighted by Gasteiger charge is 2.07. The molecule has 0 saturated heterocycles. The van der Waals surface area contributed by atoms with E-state index in [0.29, 0.717) is 0 Å². The van der Waals surface area contributed by atoms with E-state index in [2.05, 4.69) is 17.6 Å². The number of benzene rings is 2. The summed E-state index contributed by atoms with van der Waals surface area (Å²) in [6.07, 6.45) is 0.894. The van der Waals surface area contributed by atoms with E-state index in [9.17, 15) is 4.79 Å². The van der Waals surface area contributed by atoms with Gasteiger partial charge in [0.15, 0.2) is 6.73 Å². The van der Waals surface area contributed by atoms with E-state index in [-0.39, 0.29) is 12.8 Å². The van der Waals surface area contributed by atoms with Gasteiger partial charge in [-0.1, -0.05) is 43.3 Å². The molecule has 22 heavy (non-hydrogen) atoms. The van der Waals surface area contributed by atoms with Crippen LogP contribution in [-0.4, -0.2) is 12.8 Å². The molecule has 0 aromatic heterocycles. The van der Waals surface area contributed by atoms with E-state index >= 15 is 0 Å². The standard InChI is InChI=1S/C18H22N2O2/c1-4-15-10-5-6-11-16(15)22-12-19-18(21)20-17-13(2)8-7-9-14(17)3/h5-11H,4,12H2,1-3H3,(H2,19,20,21). The Labute approximate surface area is 131 Å². The van der Waals surface area contributed by atoms with Crippen LogP contribution in [0.3, 0.4) is 0 Å². The third kappa shape index (κ3) is 4.01. The van der Waals surface area contributed by atoms with Crippen LogP contribution in [0.5, 0.6) is 5.75 Å². The van der Waals surface area contributed by atoms with E-state index in [1.165, 1.54) is 0 Å². The van der Waals surface area contributed by atoms with Crippen molar-refractivity contribution in [1.82, 2.24) is 5.32 Å². The summed E-state index contributed by atoms with van der Waals surface area (Å²) in [5.74, 6) is 0.803. The second-order valence-corrected chi connectivity index (χ2v) is 5.15. The average Bonchev–Trinajstić information content (AvgIpc) is 2.51. The highest BCUT2D eigenvalue weighted by Crippen LogP contribution is 2.19. The van der Waals surface area contributed by atoms with Crippen LogP contribution in [0.2, 0.25) is 0 Å². The smallest absolute Gasteiger partial charge is 0.321 e. The van der Waals surface area contributed by atoms with Crippen molar-refractivity contribution in [3.8, 4) is 5.75 Å². The number of hydrogen-bond donors (Lipinski definition) is 2. The van der Waals surface area contributed by atoms with Crippen LogP contribution >= 0.6 is 0 Å². The predicted octanol–water partition coefficient (Wildman–Crippen LogP) is 4.02. The molecule has 0 atom stereocenters. The van der Waals surface area contributed by atoms with Crippen LogP contribution in [0.4, 0.5) is 10.5 Å². The molecule has 0 fully saturated rings. The zero-order chi connectivity index (χ0) is 15.9. The Balaban J connectivity index is 1.88. The Morgan fingerprint density at radius 2 is 1.73 bits per heavy atom. The number of urea groups is 1. The first kappa shape index (κ1) is 15.9. The lowest BCUT2D eigenvalue weighted by atomic mass is 10.1. The lowest BCUT2D eigenvalue weighted by Gasteiger charge is -2.14. The molecule has 4 heteroatoms. The van der Waals surface area contributed by atoms with Gasteiger partial charge in [-0.15, -0.1) is 0 Å². The fourth-order valence-corrected chi connectivity index (χ4v) is 2.29. The summed E-state index contributed by atoms with van der Waals surface area (Å²) in [5, 5.41) is 5.58. The first-order valence-corrected chi connectivity index (χ1v) is 7.43. The molecule has 2 aromatic rings. The summed E-state index contributed by atoms with van der Waals surface area (Å²) in [6.45, 7) is 6.14. The number of para-hydroxylation sites is 2. The Morgan fingerprint density at radius 1 is 1.05 bits per heavy atom. The first-order valence-electron chi connectivity index (χ1n) is 7.43. The highest BCUT2D eigenvalue weighted by atomic mass is 16.5. The Kier molecular flexibility index (Phi) is 5.42. The monoisotopic (exact) mass is 298 g/mol. The number of nitrogens with one attached hydrogen (secondary N) is 2. The maximum absolute atomic E-state index is 12.0. The van der Waals surface area contributed by atoms with Gasteiger partial charge < -0.3 is 15.4 Å². The fraction of sp³-hybridized carbons (Fsp3) is 0.278. The Bertz CT molecular complexity index is 633. The molecule has 2 rings (SSSR count). The van der Waals surface area contributed by atoms with Gasteiger partial charge in [0.2, 0.25) is 0 Å². The summed E-state index contributed by atoms with van der Waals surface area (Å²) in [6, 6.07) is 13.5. The zero-order valence-electron chi connectivity index (χ0n) is 13.3. The summed E-state index contributed by atoms with van der Waals surface area (Å²) in [7, 11) is 0. The molecule has 2 aromatic carbocycles. The second kappa shape index (κ2) is 7.50. The van der Waals surface area contributed by atoms with Crippen molar-refractivity contribution in [2.75, 3.05) is 12.0 Å². The quantitative estimate of drug-likeness (QED) is 0.819. The number of carbonyl (C=O) groups excluding carboxylic acids is 1. The van der Waals surface area contributed by atoms with Gasteiger partial charge in [0, 0.05) is 5.69 Å². The van der Waals surface area contributed by atoms with E-state index < -0.39 is 0 Å². The predicted molar refractivity (Wildman–Crippen MR) is 89.4 cm³/mol. The number of hydrogen-bond acceptors (Lipinski definition) is 2. The van der Waals surface area contributed by atoms with Gasteiger partial charge in [-0.2, -0.15) is 0 Å². The molecule has 2 amide bonds. The molecule has 2 N–H and O–H groups in total. The van der Waals surface area contributed by atoms with Crippen molar-refractivity contribution in [3.05, 3.63) is 59.2 Å². The molecule has 0 saturated carbocycles. The van der Waals surface area contributed by atoms with Gasteiger partial charge in [0.25, 0.3) is 0 Å². The number of aryl methyl sites for hydroxylation is 3. The second-order valence-electron chi connectivity index (χ2n) is 5.15. The van der Waals surface area contributed by atoms with E-state index in [4.69, 9.17) is 4.74 Å². The molecule has 0 aliphatic carbocycles. The minimum atomic E-state index is -0.272. The van der Waals surface area contributed by atoms with Crippen molar-refractivity contribution >= 4 is 11.7 Å². The molecule has 0 bridgehead atoms. The van der Waals surface area contributed by atoms with E-state index in [1.54, 1.807) is 0 Å². The van der Waals surface area contributed by atoms with Crippen molar-refractivity contribution in [1.29, 1.82) is 0 Å². The summed E-state index contributed by atoms with van der Waals surface area (Å²) >= 11 is 0. The normalized spacial score (nSPS) is 10.1. The maximum atomic E-state index is 12.0. The third-order valence-electron chi connectivity index (χ3n) is 3.53. The van der Waals surface area contributed by atoms with Crippen LogP contribution in [0, 0.1) is 13.8 Å². The zero-order valence-corrected chi connectivity index (χ0v) is 13.3. The fourth-order valence-electron chi connectivity index (χ4n) is 2.29. The molecule has 0 aliphatic heterocycles. The van der Waals surface area contributed by atoms with Crippen LogP contribution in [0.1, 0.15) is 23.6 Å². The molecule has 0 heterocycles. The SMILES string of the molecule is CCc1ccccc1OCNC(=O)Nc1c(C)cccc1C. The van der Waals surface area contributed by atoms with Crippen molar-refractivity contribution < 1.29 is 9.53 Å². The minimum absolute atomic E-state index is 0.133. The van der Waals surface area contributed by atoms with Crippen molar-refractivity contribution in [2.45, 2.75) is 27.2 Å². The summed E-state index contributed by atoms with van der Waals surface area (Å²) in [4.78, 5) is 12.0. The van der Waals surface area contributed by atoms with Gasteiger partial charge in [-0.3, -0.25) is 0 Å². The van der Waals surface area contributed by atoms with E-state index in [0.717, 1.165) is 34.5 Å². The van der Waals surface area contributed by atoms with Gasteiger partial charge in [0.1, 0.15) is 5.75 Å². The van der Waals surface area contributed by atoms with Gasteiger partial charge >= 0.3 is 6.03 Å². The van der Waals surface area contributed by atoms with Gasteiger partial charge in [0.05, 0.1) is 0 Å². The lowest BCUT2D eigenvalue weighted by molar-refractivity contribution is 0.234. The maximum Gasteiger partial charge on any atom is 0.321 e. The summed E-state index contributed by atoms with van der Waals surface area (Å²) in [5.41, 5.74) is 4.04. The number of amides is 2. The van der Waals surface area contributed by atoms with Gasteiger partial charge in [-0.05, 0) is 43.0 Å². The van der Waals surface area contributed by atoms with Crippen LogP contribution in [0.25, 0.3) is 0 Å². The Morgan fingerprint density at radius 3 is 2.41 bits per heavy atom. The van der Waals surface area contributed by atoms with Crippen molar-refractivity contribution in [3.63, 3.8) is 0 Å². The largest absolute Gasteiger partial charge is 0.473 e. The third-order valence-corrected chi connectivity index (χ3v) is 3.53. The molecule has 4 nitrogen and oxygen atoms in total. The molecule has 0 radical (unpaired) electrons. The molecule has 116 valence electrons. The van der Waals surface area contributed by atoms with Crippen LogP contribution in [-0.2, 0) is 6.42 Å². The van der Waals surface area contributed by atoms with E-state index in [1.807, 2.05) is 56.3 Å². The minimum Gasteiger partial charge on any atom is -0.473 e. The van der Waals surface area contributed by atoms with Crippen LogP contribution in [0.15, 0.2) is 42.5 Å². The summed E-state index contributed by atoms with van der Waals surface area (Å²) < 4.78 is 5.62. The topological polar surface area (TPSA) is 50.4 Å². The number of rotatable bonds is 5. The molecular weight excluding hydrogens is 276 g/mol. The molecule has 0 aliphatic rings. The van der Waals surface area contributed by atoms with Crippen molar-refractivity contribution in [2.24, 2.45) is 0 Å². The molecule has 0 spiro atoms. The number of anilines is 1. The lowest BCUT2D eigenvalue weighted by Crippen LogP contribution is -2.32. The first-order chi connectivity index (χ1) is 10.6. The van der Waals surface area contributed by atoms with Gasteiger partial charge in [-0.25, -0.2) is 4.79 Å².